The summed E-state index contributed by atoms with van der Waals surface area (Å²) in [6.07, 6.45) is 1.58. The largest absolute Gasteiger partial charge is 0.450 e. The summed E-state index contributed by atoms with van der Waals surface area (Å²) in [5.74, 6) is 1.01. The number of allylic oxidation sites excluding steroid dienone is 1. The smallest absolute Gasteiger partial charge is 0.411 e. The van der Waals surface area contributed by atoms with E-state index in [9.17, 15) is 4.79 Å². The van der Waals surface area contributed by atoms with Crippen molar-refractivity contribution in [3.05, 3.63) is 17.7 Å². The molecule has 7 nitrogen and oxygen atoms in total. The van der Waals surface area contributed by atoms with Crippen LogP contribution in [0.2, 0.25) is 0 Å². The predicted octanol–water partition coefficient (Wildman–Crippen LogP) is 1.48. The van der Waals surface area contributed by atoms with Crippen molar-refractivity contribution in [3.8, 4) is 0 Å². The van der Waals surface area contributed by atoms with Gasteiger partial charge in [0, 0.05) is 6.42 Å². The molecule has 1 amide bonds. The number of halogens is 1. The third kappa shape index (κ3) is 2.51. The molecule has 18 heavy (non-hydrogen) atoms. The highest BCUT2D eigenvalue weighted by atomic mass is 35.5. The summed E-state index contributed by atoms with van der Waals surface area (Å²) < 4.78 is 6.29. The number of fused-ring (bicyclic) bond motifs is 1. The molecule has 0 bridgehead atoms. The molecule has 2 heterocycles. The van der Waals surface area contributed by atoms with Crippen LogP contribution in [0.15, 0.2) is 11.2 Å². The van der Waals surface area contributed by atoms with E-state index < -0.39 is 6.09 Å². The maximum atomic E-state index is 11.4. The van der Waals surface area contributed by atoms with Crippen molar-refractivity contribution in [2.75, 3.05) is 6.61 Å². The van der Waals surface area contributed by atoms with Crippen LogP contribution in [0.4, 0.5) is 4.79 Å². The van der Waals surface area contributed by atoms with Crippen molar-refractivity contribution in [1.82, 2.24) is 20.2 Å². The minimum atomic E-state index is -0.547. The molecular formula is C10H12ClN5O2. The topological polar surface area (TPSA) is 81.4 Å². The van der Waals surface area contributed by atoms with Gasteiger partial charge in [-0.25, -0.2) is 4.79 Å². The molecule has 0 radical (unpaired) electrons. The number of carbonyl (C=O) groups excluding carboxylic acids is 1. The number of nitrogens with zero attached hydrogens (tertiary/aromatic N) is 4. The zero-order valence-corrected chi connectivity index (χ0v) is 10.7. The van der Waals surface area contributed by atoms with Gasteiger partial charge in [-0.3, -0.25) is 5.32 Å². The number of amides is 1. The first-order chi connectivity index (χ1) is 8.61. The summed E-state index contributed by atoms with van der Waals surface area (Å²) in [6, 6.07) is 0. The number of aromatic nitrogens is 3. The van der Waals surface area contributed by atoms with E-state index in [-0.39, 0.29) is 0 Å². The van der Waals surface area contributed by atoms with Crippen LogP contribution in [-0.4, -0.2) is 32.7 Å². The van der Waals surface area contributed by atoms with Crippen LogP contribution in [0.25, 0.3) is 5.70 Å². The summed E-state index contributed by atoms with van der Waals surface area (Å²) in [6.45, 7) is 3.77. The second-order valence-corrected chi connectivity index (χ2v) is 3.96. The third-order valence-corrected chi connectivity index (χ3v) is 2.46. The zero-order valence-electron chi connectivity index (χ0n) is 9.97. The normalized spacial score (nSPS) is 14.2. The molecule has 0 saturated carbocycles. The average Bonchev–Trinajstić information content (AvgIpc) is 2.58. The van der Waals surface area contributed by atoms with Gasteiger partial charge < -0.3 is 4.74 Å². The molecule has 0 saturated heterocycles. The summed E-state index contributed by atoms with van der Waals surface area (Å²) in [7, 11) is 0. The van der Waals surface area contributed by atoms with E-state index >= 15 is 0 Å². The van der Waals surface area contributed by atoms with Gasteiger partial charge in [0.25, 0.3) is 0 Å². The number of hydrogen-bond donors (Lipinski definition) is 1. The molecule has 0 fully saturated rings. The Morgan fingerprint density at radius 1 is 1.61 bits per heavy atom. The number of nitrogens with one attached hydrogen (secondary N) is 1. The Morgan fingerprint density at radius 2 is 2.39 bits per heavy atom. The number of hydrogen-bond acceptors (Lipinski definition) is 5. The van der Waals surface area contributed by atoms with Gasteiger partial charge in [0.2, 0.25) is 5.82 Å². The molecule has 1 aromatic rings. The molecule has 0 spiro atoms. The first kappa shape index (κ1) is 12.6. The van der Waals surface area contributed by atoms with Crippen molar-refractivity contribution in [1.29, 1.82) is 0 Å². The van der Waals surface area contributed by atoms with E-state index in [2.05, 4.69) is 20.6 Å². The SMILES string of the molecule is CCOC(=O)NC1=CCC(Cl)=Nn2c(C)nnc21. The lowest BCUT2D eigenvalue weighted by atomic mass is 10.3. The van der Waals surface area contributed by atoms with Crippen LogP contribution < -0.4 is 5.32 Å². The monoisotopic (exact) mass is 269 g/mol. The minimum absolute atomic E-state index is 0.294. The maximum Gasteiger partial charge on any atom is 0.411 e. The number of carbonyl (C=O) groups is 1. The van der Waals surface area contributed by atoms with Gasteiger partial charge >= 0.3 is 6.09 Å². The highest BCUT2D eigenvalue weighted by Crippen LogP contribution is 2.17. The number of rotatable bonds is 2. The van der Waals surface area contributed by atoms with Gasteiger partial charge in [-0.2, -0.15) is 9.78 Å². The molecule has 1 N–H and O–H groups in total. The van der Waals surface area contributed by atoms with Gasteiger partial charge in [-0.05, 0) is 19.9 Å². The molecule has 0 atom stereocenters. The van der Waals surface area contributed by atoms with Crippen molar-refractivity contribution in [2.45, 2.75) is 20.3 Å². The number of alkyl carbamates (subject to hydrolysis) is 1. The van der Waals surface area contributed by atoms with Crippen LogP contribution in [0.1, 0.15) is 25.0 Å². The molecule has 1 aliphatic heterocycles. The van der Waals surface area contributed by atoms with Gasteiger partial charge in [0.05, 0.1) is 12.3 Å². The molecule has 2 rings (SSSR count). The Labute approximate surface area is 108 Å². The van der Waals surface area contributed by atoms with E-state index in [4.69, 9.17) is 16.3 Å². The zero-order chi connectivity index (χ0) is 13.1. The standard InChI is InChI=1S/C10H12ClN5O2/c1-3-18-10(17)12-7-4-5-8(11)15-16-6(2)13-14-9(7)16/h4H,3,5H2,1-2H3,(H,12,17). The first-order valence-corrected chi connectivity index (χ1v) is 5.79. The summed E-state index contributed by atoms with van der Waals surface area (Å²) in [5, 5.41) is 15.0. The molecule has 1 aliphatic rings. The third-order valence-electron chi connectivity index (χ3n) is 2.23. The van der Waals surface area contributed by atoms with Gasteiger partial charge in [-0.1, -0.05) is 11.6 Å². The van der Waals surface area contributed by atoms with Crippen molar-refractivity contribution in [2.24, 2.45) is 5.10 Å². The highest BCUT2D eigenvalue weighted by Gasteiger charge is 2.18. The quantitative estimate of drug-likeness (QED) is 0.882. The van der Waals surface area contributed by atoms with Gasteiger partial charge in [-0.15, -0.1) is 10.2 Å². The lowest BCUT2D eigenvalue weighted by Gasteiger charge is -2.07. The van der Waals surface area contributed by atoms with E-state index in [1.54, 1.807) is 19.9 Å². The van der Waals surface area contributed by atoms with Crippen molar-refractivity contribution in [3.63, 3.8) is 0 Å². The van der Waals surface area contributed by atoms with Crippen molar-refractivity contribution < 1.29 is 9.53 Å². The Kier molecular flexibility index (Phi) is 3.61. The molecule has 0 unspecified atom stereocenters. The van der Waals surface area contributed by atoms with Gasteiger partial charge in [0.15, 0.2) is 5.82 Å². The fraction of sp³-hybridized carbons (Fsp3) is 0.400. The summed E-state index contributed by atoms with van der Waals surface area (Å²) >= 11 is 5.93. The lowest BCUT2D eigenvalue weighted by molar-refractivity contribution is 0.157. The molecule has 0 aromatic carbocycles. The van der Waals surface area contributed by atoms with Crippen LogP contribution >= 0.6 is 11.6 Å². The molecular weight excluding hydrogens is 258 g/mol. The van der Waals surface area contributed by atoms with Crippen LogP contribution in [0.3, 0.4) is 0 Å². The van der Waals surface area contributed by atoms with Crippen molar-refractivity contribution >= 4 is 28.6 Å². The van der Waals surface area contributed by atoms with E-state index in [0.717, 1.165) is 0 Å². The summed E-state index contributed by atoms with van der Waals surface area (Å²) in [4.78, 5) is 11.4. The predicted molar refractivity (Wildman–Crippen MR) is 66.2 cm³/mol. The lowest BCUT2D eigenvalue weighted by Crippen LogP contribution is -2.24. The number of aryl methyl sites for hydroxylation is 1. The summed E-state index contributed by atoms with van der Waals surface area (Å²) in [5.41, 5.74) is 0.480. The molecule has 96 valence electrons. The fourth-order valence-corrected chi connectivity index (χ4v) is 1.61. The maximum absolute atomic E-state index is 11.4. The van der Waals surface area contributed by atoms with E-state index in [0.29, 0.717) is 35.5 Å². The minimum Gasteiger partial charge on any atom is -0.450 e. The van der Waals surface area contributed by atoms with E-state index in [1.165, 1.54) is 4.68 Å². The molecule has 0 aliphatic carbocycles. The van der Waals surface area contributed by atoms with Crippen LogP contribution in [0, 0.1) is 6.92 Å². The Morgan fingerprint density at radius 3 is 3.11 bits per heavy atom. The second-order valence-electron chi connectivity index (χ2n) is 3.53. The van der Waals surface area contributed by atoms with Gasteiger partial charge in [0.1, 0.15) is 5.17 Å². The Hall–Kier alpha value is -1.89. The fourth-order valence-electron chi connectivity index (χ4n) is 1.46. The number of ether oxygens (including phenoxy) is 1. The highest BCUT2D eigenvalue weighted by molar-refractivity contribution is 6.65. The molecule has 1 aromatic heterocycles. The Balaban J connectivity index is 2.31. The van der Waals surface area contributed by atoms with Crippen LogP contribution in [0.5, 0.6) is 0 Å². The van der Waals surface area contributed by atoms with E-state index in [1.807, 2.05) is 0 Å². The average molecular weight is 270 g/mol. The second kappa shape index (κ2) is 5.18. The Bertz CT molecular complexity index is 534. The first-order valence-electron chi connectivity index (χ1n) is 5.41. The van der Waals surface area contributed by atoms with Crippen LogP contribution in [-0.2, 0) is 4.74 Å². The molecule has 8 heteroatoms.